The highest BCUT2D eigenvalue weighted by molar-refractivity contribution is 7.10. The topological polar surface area (TPSA) is 12.0 Å². The molecule has 1 N–H and O–H groups in total. The zero-order valence-corrected chi connectivity index (χ0v) is 13.3. The summed E-state index contributed by atoms with van der Waals surface area (Å²) in [6.07, 6.45) is 6.54. The molecule has 104 valence electrons. The predicted octanol–water partition coefficient (Wildman–Crippen LogP) is 5.40. The van der Waals surface area contributed by atoms with Gasteiger partial charge in [0.2, 0.25) is 0 Å². The predicted molar refractivity (Wildman–Crippen MR) is 83.3 cm³/mol. The van der Waals surface area contributed by atoms with Crippen LogP contribution in [0.25, 0.3) is 0 Å². The lowest BCUT2D eigenvalue weighted by Crippen LogP contribution is -2.32. The zero-order chi connectivity index (χ0) is 13.4. The molecule has 1 aromatic heterocycles. The van der Waals surface area contributed by atoms with Gasteiger partial charge in [-0.2, -0.15) is 0 Å². The fourth-order valence-corrected chi connectivity index (χ4v) is 3.16. The summed E-state index contributed by atoms with van der Waals surface area (Å²) >= 11 is 1.87. The monoisotopic (exact) mass is 267 g/mol. The Labute approximate surface area is 117 Å². The molecule has 1 unspecified atom stereocenters. The Balaban J connectivity index is 2.37. The first kappa shape index (κ1) is 15.7. The molecule has 0 aliphatic heterocycles. The van der Waals surface area contributed by atoms with Crippen LogP contribution in [0.5, 0.6) is 0 Å². The minimum atomic E-state index is 0.417. The maximum Gasteiger partial charge on any atom is 0.0412 e. The number of hydrogen-bond acceptors (Lipinski definition) is 2. The molecular formula is C16H29NS. The molecule has 0 fully saturated rings. The minimum absolute atomic E-state index is 0.417. The second-order valence-electron chi connectivity index (χ2n) is 5.98. The van der Waals surface area contributed by atoms with E-state index in [1.807, 2.05) is 11.3 Å². The molecule has 2 heteroatoms. The Morgan fingerprint density at radius 1 is 1.28 bits per heavy atom. The van der Waals surface area contributed by atoms with E-state index in [4.69, 9.17) is 0 Å². The lowest BCUT2D eigenvalue weighted by Gasteiger charge is -2.28. The van der Waals surface area contributed by atoms with Crippen LogP contribution in [-0.2, 0) is 0 Å². The van der Waals surface area contributed by atoms with Crippen LogP contribution in [0.4, 0.5) is 0 Å². The number of hydrogen-bond donors (Lipinski definition) is 1. The zero-order valence-electron chi connectivity index (χ0n) is 12.5. The number of unbranched alkanes of at least 4 members (excludes halogenated alkanes) is 2. The summed E-state index contributed by atoms with van der Waals surface area (Å²) in [5, 5.41) is 5.92. The van der Waals surface area contributed by atoms with Crippen molar-refractivity contribution in [1.29, 1.82) is 0 Å². The largest absolute Gasteiger partial charge is 0.309 e. The van der Waals surface area contributed by atoms with E-state index in [-0.39, 0.29) is 0 Å². The molecule has 0 radical (unpaired) electrons. The van der Waals surface area contributed by atoms with Gasteiger partial charge in [-0.1, -0.05) is 53.0 Å². The Hall–Kier alpha value is -0.340. The summed E-state index contributed by atoms with van der Waals surface area (Å²) < 4.78 is 0. The molecule has 0 aromatic carbocycles. The average Bonchev–Trinajstić information content (AvgIpc) is 2.84. The van der Waals surface area contributed by atoms with E-state index in [0.29, 0.717) is 11.5 Å². The van der Waals surface area contributed by atoms with E-state index < -0.39 is 0 Å². The van der Waals surface area contributed by atoms with Crippen molar-refractivity contribution in [3.8, 4) is 0 Å². The van der Waals surface area contributed by atoms with Gasteiger partial charge in [0.1, 0.15) is 0 Å². The third-order valence-electron chi connectivity index (χ3n) is 3.58. The second-order valence-corrected chi connectivity index (χ2v) is 6.96. The van der Waals surface area contributed by atoms with Gasteiger partial charge in [0.25, 0.3) is 0 Å². The highest BCUT2D eigenvalue weighted by atomic mass is 32.1. The fraction of sp³-hybridized carbons (Fsp3) is 0.750. The third-order valence-corrected chi connectivity index (χ3v) is 4.56. The van der Waals surface area contributed by atoms with Gasteiger partial charge < -0.3 is 5.32 Å². The van der Waals surface area contributed by atoms with E-state index in [0.717, 1.165) is 6.54 Å². The number of rotatable bonds is 9. The molecule has 18 heavy (non-hydrogen) atoms. The smallest absolute Gasteiger partial charge is 0.0412 e. The minimum Gasteiger partial charge on any atom is -0.309 e. The first-order chi connectivity index (χ1) is 8.59. The Kier molecular flexibility index (Phi) is 6.95. The van der Waals surface area contributed by atoms with Gasteiger partial charge in [-0.3, -0.25) is 0 Å². The molecule has 1 atom stereocenters. The van der Waals surface area contributed by atoms with Crippen LogP contribution in [0.15, 0.2) is 17.5 Å². The summed E-state index contributed by atoms with van der Waals surface area (Å²) in [6.45, 7) is 10.4. The molecule has 0 aliphatic rings. The van der Waals surface area contributed by atoms with Crippen LogP contribution in [0.1, 0.15) is 70.7 Å². The van der Waals surface area contributed by atoms with E-state index in [2.05, 4.69) is 50.5 Å². The van der Waals surface area contributed by atoms with Crippen molar-refractivity contribution < 1.29 is 0 Å². The van der Waals surface area contributed by atoms with Gasteiger partial charge in [0.15, 0.2) is 0 Å². The van der Waals surface area contributed by atoms with Crippen LogP contribution >= 0.6 is 11.3 Å². The van der Waals surface area contributed by atoms with Crippen molar-refractivity contribution in [3.63, 3.8) is 0 Å². The number of thiophene rings is 1. The summed E-state index contributed by atoms with van der Waals surface area (Å²) in [4.78, 5) is 1.47. The summed E-state index contributed by atoms with van der Waals surface area (Å²) in [6, 6.07) is 4.93. The van der Waals surface area contributed by atoms with Gasteiger partial charge in [-0.25, -0.2) is 0 Å². The van der Waals surface area contributed by atoms with Gasteiger partial charge in [0, 0.05) is 17.5 Å². The van der Waals surface area contributed by atoms with Crippen molar-refractivity contribution in [2.45, 2.75) is 65.8 Å². The maximum absolute atomic E-state index is 3.75. The molecular weight excluding hydrogens is 238 g/mol. The standard InChI is InChI=1S/C16H29NS/c1-5-7-8-11-16(3,4)13-17-14(6-2)15-10-9-12-18-15/h9-10,12,14,17H,5-8,11,13H2,1-4H3. The molecule has 1 rings (SSSR count). The first-order valence-electron chi connectivity index (χ1n) is 7.36. The van der Waals surface area contributed by atoms with Gasteiger partial charge in [-0.05, 0) is 29.7 Å². The van der Waals surface area contributed by atoms with Gasteiger partial charge >= 0.3 is 0 Å². The molecule has 0 aliphatic carbocycles. The maximum atomic E-state index is 3.75. The van der Waals surface area contributed by atoms with E-state index in [1.165, 1.54) is 37.0 Å². The lowest BCUT2D eigenvalue weighted by molar-refractivity contribution is 0.286. The van der Waals surface area contributed by atoms with Crippen molar-refractivity contribution in [1.82, 2.24) is 5.32 Å². The highest BCUT2D eigenvalue weighted by Crippen LogP contribution is 2.26. The second kappa shape index (κ2) is 7.96. The Morgan fingerprint density at radius 3 is 2.61 bits per heavy atom. The molecule has 0 bridgehead atoms. The third kappa shape index (κ3) is 5.53. The molecule has 1 heterocycles. The normalized spacial score (nSPS) is 13.8. The summed E-state index contributed by atoms with van der Waals surface area (Å²) in [7, 11) is 0. The van der Waals surface area contributed by atoms with E-state index >= 15 is 0 Å². The molecule has 1 aromatic rings. The first-order valence-corrected chi connectivity index (χ1v) is 8.24. The lowest BCUT2D eigenvalue weighted by atomic mass is 9.86. The quantitative estimate of drug-likeness (QED) is 0.591. The molecule has 0 spiro atoms. The Morgan fingerprint density at radius 2 is 2.06 bits per heavy atom. The Bertz CT molecular complexity index is 303. The molecule has 0 amide bonds. The van der Waals surface area contributed by atoms with Crippen LogP contribution < -0.4 is 5.32 Å². The highest BCUT2D eigenvalue weighted by Gasteiger charge is 2.19. The van der Waals surface area contributed by atoms with Crippen LogP contribution in [0, 0.1) is 5.41 Å². The molecule has 1 nitrogen and oxygen atoms in total. The SMILES string of the molecule is CCCCCC(C)(C)CNC(CC)c1cccs1. The van der Waals surface area contributed by atoms with Crippen LogP contribution in [0.2, 0.25) is 0 Å². The number of nitrogens with one attached hydrogen (secondary N) is 1. The van der Waals surface area contributed by atoms with E-state index in [1.54, 1.807) is 0 Å². The molecule has 0 saturated heterocycles. The van der Waals surface area contributed by atoms with Crippen molar-refractivity contribution >= 4 is 11.3 Å². The van der Waals surface area contributed by atoms with Crippen molar-refractivity contribution in [2.24, 2.45) is 5.41 Å². The van der Waals surface area contributed by atoms with Gasteiger partial charge in [-0.15, -0.1) is 11.3 Å². The molecule has 0 saturated carbocycles. The summed E-state index contributed by atoms with van der Waals surface area (Å²) in [5.41, 5.74) is 0.417. The van der Waals surface area contributed by atoms with Gasteiger partial charge in [0.05, 0.1) is 0 Å². The van der Waals surface area contributed by atoms with Crippen molar-refractivity contribution in [2.75, 3.05) is 6.54 Å². The fourth-order valence-electron chi connectivity index (χ4n) is 2.28. The van der Waals surface area contributed by atoms with Crippen LogP contribution in [-0.4, -0.2) is 6.54 Å². The van der Waals surface area contributed by atoms with Crippen LogP contribution in [0.3, 0.4) is 0 Å². The summed E-state index contributed by atoms with van der Waals surface area (Å²) in [5.74, 6) is 0. The average molecular weight is 267 g/mol. The van der Waals surface area contributed by atoms with E-state index in [9.17, 15) is 0 Å². The van der Waals surface area contributed by atoms with Crippen molar-refractivity contribution in [3.05, 3.63) is 22.4 Å².